The topological polar surface area (TPSA) is 61.7 Å². The van der Waals surface area contributed by atoms with Crippen molar-refractivity contribution in [1.29, 1.82) is 0 Å². The number of hydrogen-bond donors (Lipinski definition) is 2. The van der Waals surface area contributed by atoms with E-state index in [1.54, 1.807) is 48.7 Å². The summed E-state index contributed by atoms with van der Waals surface area (Å²) in [5.74, 6) is 0.0380. The Morgan fingerprint density at radius 2 is 1.89 bits per heavy atom. The summed E-state index contributed by atoms with van der Waals surface area (Å²) in [6.07, 6.45) is 9.57. The standard InChI is InChI=1S/C14H12N2O2.Cu/c17-13-7-3-1-5-11(13)15-9-10-16-12-6-2-4-8-14(12)18;/h1-10,15,17H;. The molecule has 0 fully saturated rings. The van der Waals surface area contributed by atoms with Crippen LogP contribution in [0.1, 0.15) is 0 Å². The molecule has 0 saturated carbocycles. The number of carbonyl (C=O) groups is 1. The molecule has 2 N–H and O–H groups in total. The summed E-state index contributed by atoms with van der Waals surface area (Å²) >= 11 is 0. The molecule has 1 aliphatic rings. The first-order valence-electron chi connectivity index (χ1n) is 5.44. The Kier molecular flexibility index (Phi) is 5.79. The summed E-state index contributed by atoms with van der Waals surface area (Å²) in [4.78, 5) is 15.4. The van der Waals surface area contributed by atoms with Gasteiger partial charge in [-0.25, -0.2) is 0 Å². The van der Waals surface area contributed by atoms with Crippen LogP contribution in [0.4, 0.5) is 5.69 Å². The Morgan fingerprint density at radius 1 is 1.16 bits per heavy atom. The molecule has 4 nitrogen and oxygen atoms in total. The van der Waals surface area contributed by atoms with E-state index < -0.39 is 0 Å². The van der Waals surface area contributed by atoms with Gasteiger partial charge in [0.2, 0.25) is 5.78 Å². The van der Waals surface area contributed by atoms with Crippen molar-refractivity contribution < 1.29 is 27.0 Å². The van der Waals surface area contributed by atoms with Crippen molar-refractivity contribution in [3.8, 4) is 5.75 Å². The van der Waals surface area contributed by atoms with Crippen molar-refractivity contribution in [2.24, 2.45) is 4.99 Å². The Balaban J connectivity index is 0.00000180. The fourth-order valence-corrected chi connectivity index (χ4v) is 1.40. The minimum atomic E-state index is -0.121. The van der Waals surface area contributed by atoms with E-state index in [1.807, 2.05) is 0 Å². The first kappa shape index (κ1) is 15.0. The molecule has 19 heavy (non-hydrogen) atoms. The van der Waals surface area contributed by atoms with E-state index in [1.165, 1.54) is 12.3 Å². The summed E-state index contributed by atoms with van der Waals surface area (Å²) in [5, 5.41) is 12.4. The smallest absolute Gasteiger partial charge is 0.204 e. The summed E-state index contributed by atoms with van der Waals surface area (Å²) in [6, 6.07) is 6.86. The minimum Gasteiger partial charge on any atom is -0.506 e. The molecule has 1 aromatic carbocycles. The number of allylic oxidation sites excluding steroid dienone is 4. The zero-order valence-corrected chi connectivity index (χ0v) is 10.8. The average molecular weight is 304 g/mol. The third-order valence-corrected chi connectivity index (χ3v) is 2.30. The number of phenolic OH excluding ortho intramolecular Hbond substituents is 1. The number of anilines is 1. The summed E-state index contributed by atoms with van der Waals surface area (Å²) in [7, 11) is 0. The maximum atomic E-state index is 11.3. The van der Waals surface area contributed by atoms with Crippen molar-refractivity contribution in [3.05, 3.63) is 61.0 Å². The summed E-state index contributed by atoms with van der Waals surface area (Å²) in [5.41, 5.74) is 0.965. The van der Waals surface area contributed by atoms with Gasteiger partial charge in [-0.1, -0.05) is 24.3 Å². The Bertz CT molecular complexity index is 575. The Labute approximate surface area is 121 Å². The minimum absolute atomic E-state index is 0. The molecule has 0 heterocycles. The van der Waals surface area contributed by atoms with E-state index in [2.05, 4.69) is 10.3 Å². The number of nitrogens with one attached hydrogen (secondary N) is 1. The van der Waals surface area contributed by atoms with Crippen LogP contribution in [0.5, 0.6) is 5.75 Å². The van der Waals surface area contributed by atoms with Crippen LogP contribution >= 0.6 is 0 Å². The monoisotopic (exact) mass is 303 g/mol. The van der Waals surface area contributed by atoms with E-state index in [9.17, 15) is 9.90 Å². The van der Waals surface area contributed by atoms with E-state index in [0.29, 0.717) is 11.4 Å². The van der Waals surface area contributed by atoms with Crippen LogP contribution in [0, 0.1) is 0 Å². The molecule has 0 aromatic heterocycles. The number of nitrogens with zero attached hydrogens (tertiary/aromatic N) is 1. The average Bonchev–Trinajstić information content (AvgIpc) is 2.38. The second kappa shape index (κ2) is 7.36. The Hall–Kier alpha value is -2.10. The number of rotatable bonds is 3. The van der Waals surface area contributed by atoms with Gasteiger partial charge in [0.15, 0.2) is 0 Å². The van der Waals surface area contributed by atoms with Crippen molar-refractivity contribution >= 4 is 17.2 Å². The molecule has 0 bridgehead atoms. The fraction of sp³-hybridized carbons (Fsp3) is 0. The summed E-state index contributed by atoms with van der Waals surface area (Å²) in [6.45, 7) is 0. The van der Waals surface area contributed by atoms with Gasteiger partial charge in [-0.3, -0.25) is 9.79 Å². The number of ketones is 1. The van der Waals surface area contributed by atoms with Crippen molar-refractivity contribution in [3.63, 3.8) is 0 Å². The van der Waals surface area contributed by atoms with Gasteiger partial charge in [0.25, 0.3) is 0 Å². The molecule has 1 radical (unpaired) electrons. The van der Waals surface area contributed by atoms with E-state index >= 15 is 0 Å². The molecular weight excluding hydrogens is 292 g/mol. The van der Waals surface area contributed by atoms with Crippen LogP contribution in [-0.4, -0.2) is 16.6 Å². The zero-order chi connectivity index (χ0) is 12.8. The van der Waals surface area contributed by atoms with Crippen molar-refractivity contribution in [2.75, 3.05) is 5.32 Å². The predicted molar refractivity (Wildman–Crippen MR) is 71.6 cm³/mol. The van der Waals surface area contributed by atoms with Gasteiger partial charge in [0.1, 0.15) is 11.5 Å². The van der Waals surface area contributed by atoms with E-state index in [0.717, 1.165) is 0 Å². The number of benzene rings is 1. The number of aromatic hydroxyl groups is 1. The van der Waals surface area contributed by atoms with Crippen LogP contribution in [0.25, 0.3) is 0 Å². The largest absolute Gasteiger partial charge is 0.506 e. The molecule has 2 rings (SSSR count). The van der Waals surface area contributed by atoms with Crippen molar-refractivity contribution in [2.45, 2.75) is 0 Å². The molecule has 0 amide bonds. The number of phenols is 1. The van der Waals surface area contributed by atoms with Gasteiger partial charge in [0, 0.05) is 29.5 Å². The van der Waals surface area contributed by atoms with Gasteiger partial charge in [0.05, 0.1) is 5.69 Å². The first-order valence-corrected chi connectivity index (χ1v) is 5.44. The third kappa shape index (κ3) is 4.25. The van der Waals surface area contributed by atoms with E-state index in [4.69, 9.17) is 0 Å². The van der Waals surface area contributed by atoms with Crippen LogP contribution < -0.4 is 5.32 Å². The molecular formula is C14H12CuN2O2. The fourth-order valence-electron chi connectivity index (χ4n) is 1.40. The second-order valence-electron chi connectivity index (χ2n) is 3.57. The quantitative estimate of drug-likeness (QED) is 0.512. The molecule has 101 valence electrons. The number of carbonyl (C=O) groups excluding carboxylic acids is 1. The molecule has 0 unspecified atom stereocenters. The van der Waals surface area contributed by atoms with Gasteiger partial charge in [-0.15, -0.1) is 0 Å². The number of hydrogen-bond acceptors (Lipinski definition) is 4. The summed E-state index contributed by atoms with van der Waals surface area (Å²) < 4.78 is 0. The Morgan fingerprint density at radius 3 is 2.63 bits per heavy atom. The maximum absolute atomic E-state index is 11.3. The van der Waals surface area contributed by atoms with Crippen LogP contribution in [-0.2, 0) is 21.9 Å². The molecule has 0 saturated heterocycles. The number of para-hydroxylation sites is 2. The third-order valence-electron chi connectivity index (χ3n) is 2.30. The van der Waals surface area contributed by atoms with Crippen molar-refractivity contribution in [1.82, 2.24) is 0 Å². The molecule has 1 aromatic rings. The van der Waals surface area contributed by atoms with Gasteiger partial charge < -0.3 is 10.4 Å². The number of aliphatic imine (C=N–C) groups is 1. The van der Waals surface area contributed by atoms with Crippen LogP contribution in [0.3, 0.4) is 0 Å². The second-order valence-corrected chi connectivity index (χ2v) is 3.57. The van der Waals surface area contributed by atoms with Gasteiger partial charge >= 0.3 is 0 Å². The maximum Gasteiger partial charge on any atom is 0.204 e. The molecule has 0 spiro atoms. The molecule has 0 aliphatic heterocycles. The molecule has 1 aliphatic carbocycles. The zero-order valence-electron chi connectivity index (χ0n) is 9.88. The molecule has 0 atom stereocenters. The molecule has 5 heteroatoms. The van der Waals surface area contributed by atoms with E-state index in [-0.39, 0.29) is 28.6 Å². The normalized spacial score (nSPS) is 15.8. The van der Waals surface area contributed by atoms with Crippen LogP contribution in [0.15, 0.2) is 66.0 Å². The van der Waals surface area contributed by atoms with Gasteiger partial charge in [-0.05, 0) is 24.3 Å². The predicted octanol–water partition coefficient (Wildman–Crippen LogP) is 2.41. The SMILES string of the molecule is O=C1C=CC=CC1=NC=CNc1ccccc1O.[Cu]. The van der Waals surface area contributed by atoms with Gasteiger partial charge in [-0.2, -0.15) is 0 Å². The van der Waals surface area contributed by atoms with Crippen LogP contribution in [0.2, 0.25) is 0 Å². The first-order chi connectivity index (χ1) is 8.77.